The molecule has 8 nitrogen and oxygen atoms in total. The molecule has 1 heterocycles. The standard InChI is InChI=1S/C17H21N3O5S2/c1-4-25-15(22)6-5-14(21)18-16-19-20-17(27-16)26-10-11-7-12(23-2)9-13(8-11)24-3/h7-9H,4-6,10H2,1-3H3,(H,18,19,21). The number of benzene rings is 1. The van der Waals surface area contributed by atoms with Crippen LogP contribution in [0, 0.1) is 0 Å². The molecule has 10 heteroatoms. The van der Waals surface area contributed by atoms with Crippen LogP contribution in [-0.2, 0) is 20.1 Å². The molecule has 1 aromatic carbocycles. The van der Waals surface area contributed by atoms with E-state index in [1.165, 1.54) is 23.1 Å². The average molecular weight is 412 g/mol. The predicted molar refractivity (Wildman–Crippen MR) is 104 cm³/mol. The van der Waals surface area contributed by atoms with Crippen LogP contribution in [0.1, 0.15) is 25.3 Å². The maximum atomic E-state index is 11.8. The van der Waals surface area contributed by atoms with E-state index in [1.54, 1.807) is 21.1 Å². The number of nitrogens with one attached hydrogen (secondary N) is 1. The molecule has 0 bridgehead atoms. The number of ether oxygens (including phenoxy) is 3. The molecule has 0 aliphatic rings. The fourth-order valence-electron chi connectivity index (χ4n) is 2.04. The third-order valence-electron chi connectivity index (χ3n) is 3.29. The maximum Gasteiger partial charge on any atom is 0.306 e. The van der Waals surface area contributed by atoms with Crippen molar-refractivity contribution in [2.75, 3.05) is 26.1 Å². The van der Waals surface area contributed by atoms with Gasteiger partial charge in [-0.2, -0.15) is 0 Å². The van der Waals surface area contributed by atoms with E-state index in [0.717, 1.165) is 21.4 Å². The van der Waals surface area contributed by atoms with E-state index < -0.39 is 5.97 Å². The zero-order chi connectivity index (χ0) is 19.6. The van der Waals surface area contributed by atoms with Crippen molar-refractivity contribution in [3.63, 3.8) is 0 Å². The molecule has 0 spiro atoms. The molecule has 0 radical (unpaired) electrons. The number of carbonyl (C=O) groups is 2. The Balaban J connectivity index is 1.85. The van der Waals surface area contributed by atoms with Gasteiger partial charge in [-0.05, 0) is 24.6 Å². The number of thioether (sulfide) groups is 1. The lowest BCUT2D eigenvalue weighted by Crippen LogP contribution is -2.14. The maximum absolute atomic E-state index is 11.8. The Morgan fingerprint density at radius 1 is 1.11 bits per heavy atom. The summed E-state index contributed by atoms with van der Waals surface area (Å²) in [4.78, 5) is 23.1. The summed E-state index contributed by atoms with van der Waals surface area (Å²) in [6.07, 6.45) is 0.0856. The van der Waals surface area contributed by atoms with Gasteiger partial charge in [0, 0.05) is 18.2 Å². The SMILES string of the molecule is CCOC(=O)CCC(=O)Nc1nnc(SCc2cc(OC)cc(OC)c2)s1. The zero-order valence-electron chi connectivity index (χ0n) is 15.3. The van der Waals surface area contributed by atoms with Gasteiger partial charge in [-0.15, -0.1) is 10.2 Å². The number of rotatable bonds is 10. The fourth-order valence-corrected chi connectivity index (χ4v) is 3.74. The minimum Gasteiger partial charge on any atom is -0.497 e. The number of anilines is 1. The van der Waals surface area contributed by atoms with Crippen LogP contribution in [0.25, 0.3) is 0 Å². The first-order valence-electron chi connectivity index (χ1n) is 8.17. The molecule has 1 aromatic heterocycles. The van der Waals surface area contributed by atoms with Gasteiger partial charge >= 0.3 is 5.97 Å². The van der Waals surface area contributed by atoms with Crippen LogP contribution in [-0.4, -0.2) is 42.9 Å². The van der Waals surface area contributed by atoms with Crippen LogP contribution in [0.4, 0.5) is 5.13 Å². The molecule has 2 rings (SSSR count). The number of nitrogens with zero attached hydrogens (tertiary/aromatic N) is 2. The third-order valence-corrected chi connectivity index (χ3v) is 5.33. The second kappa shape index (κ2) is 10.7. The van der Waals surface area contributed by atoms with Crippen LogP contribution in [0.15, 0.2) is 22.5 Å². The van der Waals surface area contributed by atoms with Crippen LogP contribution >= 0.6 is 23.1 Å². The van der Waals surface area contributed by atoms with Crippen molar-refractivity contribution in [3.05, 3.63) is 23.8 Å². The highest BCUT2D eigenvalue weighted by Gasteiger charge is 2.12. The number of hydrogen-bond acceptors (Lipinski definition) is 9. The minimum atomic E-state index is -0.394. The summed E-state index contributed by atoms with van der Waals surface area (Å²) in [5.41, 5.74) is 1.02. The van der Waals surface area contributed by atoms with Crippen molar-refractivity contribution in [2.45, 2.75) is 29.9 Å². The lowest BCUT2D eigenvalue weighted by atomic mass is 10.2. The van der Waals surface area contributed by atoms with E-state index in [-0.39, 0.29) is 18.7 Å². The lowest BCUT2D eigenvalue weighted by Gasteiger charge is -2.07. The molecule has 1 amide bonds. The van der Waals surface area contributed by atoms with Gasteiger partial charge in [-0.3, -0.25) is 9.59 Å². The summed E-state index contributed by atoms with van der Waals surface area (Å²) in [7, 11) is 3.21. The van der Waals surface area contributed by atoms with Crippen LogP contribution in [0.5, 0.6) is 11.5 Å². The first kappa shape index (κ1) is 21.0. The number of methoxy groups -OCH3 is 2. The number of carbonyl (C=O) groups excluding carboxylic acids is 2. The second-order valence-electron chi connectivity index (χ2n) is 5.24. The number of hydrogen-bond donors (Lipinski definition) is 1. The molecule has 0 saturated carbocycles. The minimum absolute atomic E-state index is 0.0394. The van der Waals surface area contributed by atoms with Crippen molar-refractivity contribution in [2.24, 2.45) is 0 Å². The molecular weight excluding hydrogens is 390 g/mol. The summed E-state index contributed by atoms with van der Waals surface area (Å²) in [6.45, 7) is 2.02. The van der Waals surface area contributed by atoms with E-state index in [0.29, 0.717) is 17.5 Å². The Labute approximate surface area is 165 Å². The van der Waals surface area contributed by atoms with Gasteiger partial charge in [-0.1, -0.05) is 23.1 Å². The highest BCUT2D eigenvalue weighted by atomic mass is 32.2. The molecule has 0 atom stereocenters. The summed E-state index contributed by atoms with van der Waals surface area (Å²) in [5, 5.41) is 11.0. The molecule has 0 aliphatic carbocycles. The lowest BCUT2D eigenvalue weighted by molar-refractivity contribution is -0.144. The van der Waals surface area contributed by atoms with Crippen molar-refractivity contribution in [1.29, 1.82) is 0 Å². The average Bonchev–Trinajstić information content (AvgIpc) is 3.12. The number of amides is 1. The molecule has 27 heavy (non-hydrogen) atoms. The smallest absolute Gasteiger partial charge is 0.306 e. The van der Waals surface area contributed by atoms with Crippen molar-refractivity contribution in [3.8, 4) is 11.5 Å². The summed E-state index contributed by atoms with van der Waals surface area (Å²) >= 11 is 2.77. The van der Waals surface area contributed by atoms with E-state index >= 15 is 0 Å². The molecule has 146 valence electrons. The summed E-state index contributed by atoms with van der Waals surface area (Å²) in [6, 6.07) is 5.66. The Bertz CT molecular complexity index is 759. The monoisotopic (exact) mass is 411 g/mol. The van der Waals surface area contributed by atoms with Crippen LogP contribution in [0.3, 0.4) is 0 Å². The van der Waals surface area contributed by atoms with Crippen molar-refractivity contribution in [1.82, 2.24) is 10.2 Å². The Hall–Kier alpha value is -2.33. The number of esters is 1. The van der Waals surface area contributed by atoms with Gasteiger partial charge in [0.1, 0.15) is 11.5 Å². The van der Waals surface area contributed by atoms with Crippen LogP contribution in [0.2, 0.25) is 0 Å². The zero-order valence-corrected chi connectivity index (χ0v) is 16.9. The second-order valence-corrected chi connectivity index (χ2v) is 7.44. The van der Waals surface area contributed by atoms with Gasteiger partial charge in [0.25, 0.3) is 0 Å². The first-order chi connectivity index (χ1) is 13.0. The van der Waals surface area contributed by atoms with Gasteiger partial charge < -0.3 is 19.5 Å². The number of aromatic nitrogens is 2. The molecule has 0 aliphatic heterocycles. The normalized spacial score (nSPS) is 10.3. The topological polar surface area (TPSA) is 99.6 Å². The largest absolute Gasteiger partial charge is 0.497 e. The van der Waals surface area contributed by atoms with Crippen LogP contribution < -0.4 is 14.8 Å². The van der Waals surface area contributed by atoms with Gasteiger partial charge in [0.05, 0.1) is 27.2 Å². The van der Waals surface area contributed by atoms with E-state index in [2.05, 4.69) is 15.5 Å². The quantitative estimate of drug-likeness (QED) is 0.362. The van der Waals surface area contributed by atoms with Crippen molar-refractivity contribution >= 4 is 40.1 Å². The van der Waals surface area contributed by atoms with E-state index in [4.69, 9.17) is 14.2 Å². The molecule has 0 fully saturated rings. The van der Waals surface area contributed by atoms with Gasteiger partial charge in [0.2, 0.25) is 11.0 Å². The molecule has 1 N–H and O–H groups in total. The van der Waals surface area contributed by atoms with E-state index in [1.807, 2.05) is 18.2 Å². The summed E-state index contributed by atoms with van der Waals surface area (Å²) < 4.78 is 16.0. The Morgan fingerprint density at radius 3 is 2.44 bits per heavy atom. The summed E-state index contributed by atoms with van der Waals surface area (Å²) in [5.74, 6) is 1.40. The van der Waals surface area contributed by atoms with Gasteiger partial charge in [0.15, 0.2) is 4.34 Å². The van der Waals surface area contributed by atoms with E-state index in [9.17, 15) is 9.59 Å². The Kier molecular flexibility index (Phi) is 8.34. The Morgan fingerprint density at radius 2 is 1.81 bits per heavy atom. The molecular formula is C17H21N3O5S2. The van der Waals surface area contributed by atoms with Crippen molar-refractivity contribution < 1.29 is 23.8 Å². The highest BCUT2D eigenvalue weighted by Crippen LogP contribution is 2.31. The molecule has 2 aromatic rings. The highest BCUT2D eigenvalue weighted by molar-refractivity contribution is 8.00. The third kappa shape index (κ3) is 7.06. The predicted octanol–water partition coefficient (Wildman–Crippen LogP) is 3.13. The first-order valence-corrected chi connectivity index (χ1v) is 9.98. The molecule has 0 unspecified atom stereocenters. The molecule has 0 saturated heterocycles. The fraction of sp³-hybridized carbons (Fsp3) is 0.412. The van der Waals surface area contributed by atoms with Gasteiger partial charge in [-0.25, -0.2) is 0 Å².